The van der Waals surface area contributed by atoms with Gasteiger partial charge in [0, 0.05) is 11.6 Å². The van der Waals surface area contributed by atoms with Crippen LogP contribution in [-0.4, -0.2) is 5.91 Å². The third kappa shape index (κ3) is 1.79. The molecule has 1 aromatic rings. The SMILES string of the molecule is CC1(C)CC1C(=O)Nc1c[c]ccc1. The Labute approximate surface area is 84.3 Å². The standard InChI is InChI=1S/C12H14NO/c1-12(2)8-10(12)11(14)13-9-6-4-3-5-7-9/h3-4,6-7,10H,8H2,1-2H3,(H,13,14). The molecule has 1 amide bonds. The maximum atomic E-state index is 11.7. The second-order valence-electron chi connectivity index (χ2n) is 4.53. The monoisotopic (exact) mass is 188 g/mol. The highest BCUT2D eigenvalue weighted by molar-refractivity contribution is 5.94. The summed E-state index contributed by atoms with van der Waals surface area (Å²) in [6.07, 6.45) is 0.995. The first-order chi connectivity index (χ1) is 6.59. The highest BCUT2D eigenvalue weighted by atomic mass is 16.2. The van der Waals surface area contributed by atoms with Gasteiger partial charge in [0.15, 0.2) is 0 Å². The molecule has 1 aromatic carbocycles. The summed E-state index contributed by atoms with van der Waals surface area (Å²) in [5, 5.41) is 2.89. The van der Waals surface area contributed by atoms with Gasteiger partial charge in [-0.05, 0) is 30.0 Å². The Morgan fingerprint density at radius 2 is 2.36 bits per heavy atom. The van der Waals surface area contributed by atoms with E-state index in [2.05, 4.69) is 25.2 Å². The third-order valence-corrected chi connectivity index (χ3v) is 2.80. The molecule has 2 nitrogen and oxygen atoms in total. The minimum atomic E-state index is 0.134. The summed E-state index contributed by atoms with van der Waals surface area (Å²) in [6, 6.07) is 10.3. The van der Waals surface area contributed by atoms with Crippen LogP contribution in [0.3, 0.4) is 0 Å². The number of hydrogen-bond donors (Lipinski definition) is 1. The van der Waals surface area contributed by atoms with Gasteiger partial charge in [-0.25, -0.2) is 0 Å². The average molecular weight is 188 g/mol. The van der Waals surface area contributed by atoms with Gasteiger partial charge in [0.1, 0.15) is 0 Å². The van der Waals surface area contributed by atoms with E-state index in [0.29, 0.717) is 0 Å². The van der Waals surface area contributed by atoms with Crippen LogP contribution in [0.25, 0.3) is 0 Å². The summed E-state index contributed by atoms with van der Waals surface area (Å²) in [6.45, 7) is 4.24. The zero-order chi connectivity index (χ0) is 10.2. The van der Waals surface area contributed by atoms with E-state index in [9.17, 15) is 4.79 Å². The summed E-state index contributed by atoms with van der Waals surface area (Å²) in [5.41, 5.74) is 1.03. The molecular weight excluding hydrogens is 174 g/mol. The Morgan fingerprint density at radius 1 is 1.64 bits per heavy atom. The van der Waals surface area contributed by atoms with E-state index >= 15 is 0 Å². The van der Waals surface area contributed by atoms with Gasteiger partial charge in [0.05, 0.1) is 0 Å². The van der Waals surface area contributed by atoms with Crippen molar-refractivity contribution in [3.8, 4) is 0 Å². The Balaban J connectivity index is 1.97. The van der Waals surface area contributed by atoms with Gasteiger partial charge >= 0.3 is 0 Å². The first kappa shape index (κ1) is 9.25. The third-order valence-electron chi connectivity index (χ3n) is 2.80. The summed E-state index contributed by atoms with van der Waals surface area (Å²) >= 11 is 0. The van der Waals surface area contributed by atoms with E-state index in [1.165, 1.54) is 0 Å². The Morgan fingerprint density at radius 3 is 2.86 bits per heavy atom. The van der Waals surface area contributed by atoms with Crippen LogP contribution in [-0.2, 0) is 4.79 Å². The molecule has 0 saturated heterocycles. The molecule has 1 N–H and O–H groups in total. The number of rotatable bonds is 2. The van der Waals surface area contributed by atoms with Crippen LogP contribution in [0.5, 0.6) is 0 Å². The van der Waals surface area contributed by atoms with Crippen LogP contribution in [0.4, 0.5) is 5.69 Å². The fourth-order valence-electron chi connectivity index (χ4n) is 1.62. The highest BCUT2D eigenvalue weighted by Crippen LogP contribution is 2.51. The molecule has 73 valence electrons. The predicted molar refractivity (Wildman–Crippen MR) is 55.8 cm³/mol. The second kappa shape index (κ2) is 3.12. The van der Waals surface area contributed by atoms with E-state index in [1.54, 1.807) is 6.07 Å². The normalized spacial score (nSPS) is 22.9. The lowest BCUT2D eigenvalue weighted by Crippen LogP contribution is -2.16. The van der Waals surface area contributed by atoms with Gasteiger partial charge in [0.25, 0.3) is 0 Å². The number of benzene rings is 1. The minimum absolute atomic E-state index is 0.134. The fraction of sp³-hybridized carbons (Fsp3) is 0.417. The summed E-state index contributed by atoms with van der Waals surface area (Å²) in [7, 11) is 0. The van der Waals surface area contributed by atoms with E-state index in [1.807, 2.05) is 18.2 Å². The smallest absolute Gasteiger partial charge is 0.228 e. The Bertz CT molecular complexity index is 343. The van der Waals surface area contributed by atoms with Crippen LogP contribution in [0.1, 0.15) is 20.3 Å². The van der Waals surface area contributed by atoms with Gasteiger partial charge in [-0.15, -0.1) is 0 Å². The number of anilines is 1. The van der Waals surface area contributed by atoms with Crippen molar-refractivity contribution in [1.82, 2.24) is 0 Å². The maximum Gasteiger partial charge on any atom is 0.228 e. The Kier molecular flexibility index (Phi) is 2.06. The molecule has 2 rings (SSSR count). The van der Waals surface area contributed by atoms with Crippen molar-refractivity contribution in [2.24, 2.45) is 11.3 Å². The first-order valence-corrected chi connectivity index (χ1v) is 4.86. The topological polar surface area (TPSA) is 29.1 Å². The maximum absolute atomic E-state index is 11.7. The zero-order valence-electron chi connectivity index (χ0n) is 8.50. The Hall–Kier alpha value is -1.31. The summed E-state index contributed by atoms with van der Waals surface area (Å²) in [4.78, 5) is 11.7. The number of hydrogen-bond acceptors (Lipinski definition) is 1. The van der Waals surface area contributed by atoms with Crippen molar-refractivity contribution < 1.29 is 4.79 Å². The van der Waals surface area contributed by atoms with Crippen molar-refractivity contribution in [2.45, 2.75) is 20.3 Å². The number of amides is 1. The van der Waals surface area contributed by atoms with Gasteiger partial charge < -0.3 is 5.32 Å². The quantitative estimate of drug-likeness (QED) is 0.759. The molecule has 0 aromatic heterocycles. The van der Waals surface area contributed by atoms with Crippen molar-refractivity contribution in [3.05, 3.63) is 30.3 Å². The molecule has 1 atom stereocenters. The number of nitrogens with one attached hydrogen (secondary N) is 1. The molecule has 1 aliphatic rings. The molecule has 0 spiro atoms. The largest absolute Gasteiger partial charge is 0.326 e. The summed E-state index contributed by atoms with van der Waals surface area (Å²) in [5.74, 6) is 0.317. The molecule has 0 heterocycles. The van der Waals surface area contributed by atoms with Crippen molar-refractivity contribution >= 4 is 11.6 Å². The van der Waals surface area contributed by atoms with Gasteiger partial charge in [-0.2, -0.15) is 0 Å². The van der Waals surface area contributed by atoms with Crippen LogP contribution in [0, 0.1) is 17.4 Å². The van der Waals surface area contributed by atoms with Crippen LogP contribution < -0.4 is 5.32 Å². The van der Waals surface area contributed by atoms with Crippen molar-refractivity contribution in [3.63, 3.8) is 0 Å². The molecule has 1 fully saturated rings. The molecule has 0 bridgehead atoms. The van der Waals surface area contributed by atoms with Crippen molar-refractivity contribution in [2.75, 3.05) is 5.32 Å². The van der Waals surface area contributed by atoms with E-state index in [4.69, 9.17) is 0 Å². The average Bonchev–Trinajstić information content (AvgIpc) is 2.77. The molecule has 1 unspecified atom stereocenters. The van der Waals surface area contributed by atoms with E-state index in [-0.39, 0.29) is 17.2 Å². The fourth-order valence-corrected chi connectivity index (χ4v) is 1.62. The molecule has 1 aliphatic carbocycles. The minimum Gasteiger partial charge on any atom is -0.326 e. The molecule has 2 heteroatoms. The number of carbonyl (C=O) groups is 1. The lowest BCUT2D eigenvalue weighted by molar-refractivity contribution is -0.117. The first-order valence-electron chi connectivity index (χ1n) is 4.86. The molecular formula is C12H14NO. The predicted octanol–water partition coefficient (Wildman–Crippen LogP) is 2.47. The van der Waals surface area contributed by atoms with Crippen LogP contribution in [0.15, 0.2) is 24.3 Å². The van der Waals surface area contributed by atoms with E-state index in [0.717, 1.165) is 12.1 Å². The lowest BCUT2D eigenvalue weighted by atomic mass is 10.1. The molecule has 1 saturated carbocycles. The van der Waals surface area contributed by atoms with Gasteiger partial charge in [-0.3, -0.25) is 4.79 Å². The van der Waals surface area contributed by atoms with Gasteiger partial charge in [-0.1, -0.05) is 26.0 Å². The molecule has 1 radical (unpaired) electrons. The zero-order valence-corrected chi connectivity index (χ0v) is 8.50. The second-order valence-corrected chi connectivity index (χ2v) is 4.53. The van der Waals surface area contributed by atoms with Gasteiger partial charge in [0.2, 0.25) is 5.91 Å². The summed E-state index contributed by atoms with van der Waals surface area (Å²) < 4.78 is 0. The molecule has 0 aliphatic heterocycles. The van der Waals surface area contributed by atoms with Crippen LogP contribution >= 0.6 is 0 Å². The van der Waals surface area contributed by atoms with E-state index < -0.39 is 0 Å². The van der Waals surface area contributed by atoms with Crippen molar-refractivity contribution in [1.29, 1.82) is 0 Å². The molecule has 14 heavy (non-hydrogen) atoms. The van der Waals surface area contributed by atoms with Crippen LogP contribution in [0.2, 0.25) is 0 Å². The number of carbonyl (C=O) groups excluding carboxylic acids is 1. The lowest BCUT2D eigenvalue weighted by Gasteiger charge is -2.05. The highest BCUT2D eigenvalue weighted by Gasteiger charge is 2.50.